The molecular formula is C16H19NO3S. The number of hydrogen-bond donors (Lipinski definition) is 2. The number of carbonyl (C=O) groups is 2. The van der Waals surface area contributed by atoms with Crippen LogP contribution in [-0.2, 0) is 4.79 Å². The maximum Gasteiger partial charge on any atom is 0.303 e. The van der Waals surface area contributed by atoms with Gasteiger partial charge >= 0.3 is 5.97 Å². The van der Waals surface area contributed by atoms with Gasteiger partial charge in [0.05, 0.1) is 4.88 Å². The number of aliphatic carboxylic acids is 1. The first-order chi connectivity index (χ1) is 9.80. The van der Waals surface area contributed by atoms with Crippen molar-refractivity contribution < 1.29 is 14.7 Å². The number of carbonyl (C=O) groups excluding carboxylic acids is 1. The summed E-state index contributed by atoms with van der Waals surface area (Å²) in [5, 5.41) is 12.8. The summed E-state index contributed by atoms with van der Waals surface area (Å²) in [6, 6.07) is 7.92. The second kappa shape index (κ2) is 5.85. The Morgan fingerprint density at radius 1 is 1.29 bits per heavy atom. The second-order valence-electron chi connectivity index (χ2n) is 5.78. The van der Waals surface area contributed by atoms with Gasteiger partial charge < -0.3 is 10.4 Å². The Kier molecular flexibility index (Phi) is 4.32. The molecule has 0 unspecified atom stereocenters. The fourth-order valence-corrected chi connectivity index (χ4v) is 3.34. The van der Waals surface area contributed by atoms with Crippen molar-refractivity contribution in [3.8, 4) is 0 Å². The first-order valence-corrected chi connectivity index (χ1v) is 7.64. The van der Waals surface area contributed by atoms with Crippen molar-refractivity contribution in [1.29, 1.82) is 0 Å². The Balaban J connectivity index is 2.18. The summed E-state index contributed by atoms with van der Waals surface area (Å²) >= 11 is 1.47. The lowest BCUT2D eigenvalue weighted by atomic mass is 9.98. The molecule has 0 aliphatic carbocycles. The summed E-state index contributed by atoms with van der Waals surface area (Å²) in [5.74, 6) is -0.987. The average Bonchev–Trinajstić information content (AvgIpc) is 2.74. The summed E-state index contributed by atoms with van der Waals surface area (Å²) in [5.41, 5.74) is 0.431. The van der Waals surface area contributed by atoms with E-state index in [2.05, 4.69) is 5.32 Å². The Bertz CT molecular complexity index is 688. The third kappa shape index (κ3) is 3.61. The molecule has 2 rings (SSSR count). The molecule has 0 atom stereocenters. The van der Waals surface area contributed by atoms with E-state index in [1.54, 1.807) is 0 Å². The molecule has 1 heterocycles. The van der Waals surface area contributed by atoms with Crippen LogP contribution < -0.4 is 5.32 Å². The van der Waals surface area contributed by atoms with Gasteiger partial charge in [-0.2, -0.15) is 0 Å². The predicted molar refractivity (Wildman–Crippen MR) is 85.0 cm³/mol. The van der Waals surface area contributed by atoms with Crippen molar-refractivity contribution in [3.05, 3.63) is 34.7 Å². The third-order valence-electron chi connectivity index (χ3n) is 3.47. The first-order valence-electron chi connectivity index (χ1n) is 6.82. The van der Waals surface area contributed by atoms with E-state index < -0.39 is 11.5 Å². The normalized spacial score (nSPS) is 11.6. The van der Waals surface area contributed by atoms with Gasteiger partial charge in [-0.25, -0.2) is 0 Å². The van der Waals surface area contributed by atoms with Gasteiger partial charge in [0, 0.05) is 16.7 Å². The van der Waals surface area contributed by atoms with Crippen LogP contribution in [-0.4, -0.2) is 22.5 Å². The molecule has 0 saturated heterocycles. The molecule has 112 valence electrons. The standard InChI is InChI=1S/C16H19NO3S/c1-10-11-6-4-5-7-12(11)21-14(10)15(20)17-16(2,3)9-8-13(18)19/h4-7H,8-9H2,1-3H3,(H,17,20)(H,18,19). The number of fused-ring (bicyclic) bond motifs is 1. The number of nitrogens with one attached hydrogen (secondary N) is 1. The first kappa shape index (κ1) is 15.5. The molecular weight excluding hydrogens is 286 g/mol. The monoisotopic (exact) mass is 305 g/mol. The average molecular weight is 305 g/mol. The SMILES string of the molecule is Cc1c(C(=O)NC(C)(C)CCC(=O)O)sc2ccccc12. The minimum absolute atomic E-state index is 0.0404. The van der Waals surface area contributed by atoms with E-state index in [1.165, 1.54) is 11.3 Å². The Morgan fingerprint density at radius 3 is 2.57 bits per heavy atom. The van der Waals surface area contributed by atoms with E-state index in [-0.39, 0.29) is 12.3 Å². The van der Waals surface area contributed by atoms with Crippen LogP contribution in [0.25, 0.3) is 10.1 Å². The zero-order chi connectivity index (χ0) is 15.6. The topological polar surface area (TPSA) is 66.4 Å². The number of rotatable bonds is 5. The Hall–Kier alpha value is -1.88. The number of carboxylic acids is 1. The molecule has 0 fully saturated rings. The number of thiophene rings is 1. The molecule has 21 heavy (non-hydrogen) atoms. The molecule has 0 aliphatic heterocycles. The lowest BCUT2D eigenvalue weighted by molar-refractivity contribution is -0.137. The van der Waals surface area contributed by atoms with Crippen molar-refractivity contribution in [3.63, 3.8) is 0 Å². The van der Waals surface area contributed by atoms with Gasteiger partial charge in [0.15, 0.2) is 0 Å². The maximum absolute atomic E-state index is 12.4. The molecule has 0 aliphatic rings. The zero-order valence-electron chi connectivity index (χ0n) is 12.4. The van der Waals surface area contributed by atoms with Gasteiger partial charge in [-0.1, -0.05) is 18.2 Å². The van der Waals surface area contributed by atoms with Crippen LogP contribution in [0.3, 0.4) is 0 Å². The molecule has 1 aromatic heterocycles. The smallest absolute Gasteiger partial charge is 0.303 e. The minimum Gasteiger partial charge on any atom is -0.481 e. The van der Waals surface area contributed by atoms with Gasteiger partial charge in [0.2, 0.25) is 0 Å². The molecule has 2 N–H and O–H groups in total. The van der Waals surface area contributed by atoms with Crippen LogP contribution >= 0.6 is 11.3 Å². The lowest BCUT2D eigenvalue weighted by Gasteiger charge is -2.25. The summed E-state index contributed by atoms with van der Waals surface area (Å²) < 4.78 is 1.09. The molecule has 0 saturated carbocycles. The van der Waals surface area contributed by atoms with E-state index in [0.717, 1.165) is 15.6 Å². The quantitative estimate of drug-likeness (QED) is 0.887. The van der Waals surface area contributed by atoms with E-state index >= 15 is 0 Å². The number of carboxylic acid groups (broad SMARTS) is 1. The molecule has 4 nitrogen and oxygen atoms in total. The lowest BCUT2D eigenvalue weighted by Crippen LogP contribution is -2.43. The molecule has 0 radical (unpaired) electrons. The van der Waals surface area contributed by atoms with Crippen LogP contribution in [0, 0.1) is 6.92 Å². The van der Waals surface area contributed by atoms with E-state index in [1.807, 2.05) is 45.0 Å². The summed E-state index contributed by atoms with van der Waals surface area (Å²) in [4.78, 5) is 23.8. The molecule has 5 heteroatoms. The zero-order valence-corrected chi connectivity index (χ0v) is 13.2. The highest BCUT2D eigenvalue weighted by Crippen LogP contribution is 2.30. The highest BCUT2D eigenvalue weighted by Gasteiger charge is 2.24. The fraction of sp³-hybridized carbons (Fsp3) is 0.375. The molecule has 1 amide bonds. The van der Waals surface area contributed by atoms with Gasteiger partial charge in [0.1, 0.15) is 0 Å². The minimum atomic E-state index is -0.852. The molecule has 2 aromatic rings. The largest absolute Gasteiger partial charge is 0.481 e. The van der Waals surface area contributed by atoms with E-state index in [0.29, 0.717) is 11.3 Å². The van der Waals surface area contributed by atoms with Crippen molar-refractivity contribution in [1.82, 2.24) is 5.32 Å². The van der Waals surface area contributed by atoms with Crippen LogP contribution in [0.4, 0.5) is 0 Å². The maximum atomic E-state index is 12.4. The van der Waals surface area contributed by atoms with Crippen molar-refractivity contribution in [2.24, 2.45) is 0 Å². The second-order valence-corrected chi connectivity index (χ2v) is 6.84. The van der Waals surface area contributed by atoms with Gasteiger partial charge in [-0.3, -0.25) is 9.59 Å². The van der Waals surface area contributed by atoms with E-state index in [4.69, 9.17) is 5.11 Å². The summed E-state index contributed by atoms with van der Waals surface area (Å²) in [7, 11) is 0. The molecule has 1 aromatic carbocycles. The van der Waals surface area contributed by atoms with Crippen LogP contribution in [0.1, 0.15) is 41.9 Å². The van der Waals surface area contributed by atoms with E-state index in [9.17, 15) is 9.59 Å². The predicted octanol–water partition coefficient (Wildman–Crippen LogP) is 3.58. The Labute approximate surface area is 127 Å². The highest BCUT2D eigenvalue weighted by atomic mass is 32.1. The summed E-state index contributed by atoms with van der Waals surface area (Å²) in [6.07, 6.45) is 0.441. The van der Waals surface area contributed by atoms with Gasteiger partial charge in [-0.15, -0.1) is 11.3 Å². The number of amides is 1. The number of benzene rings is 1. The van der Waals surface area contributed by atoms with Crippen LogP contribution in [0.15, 0.2) is 24.3 Å². The van der Waals surface area contributed by atoms with Crippen molar-refractivity contribution in [2.75, 3.05) is 0 Å². The Morgan fingerprint density at radius 2 is 1.95 bits per heavy atom. The van der Waals surface area contributed by atoms with Crippen molar-refractivity contribution >= 4 is 33.3 Å². The van der Waals surface area contributed by atoms with Gasteiger partial charge in [0.25, 0.3) is 5.91 Å². The summed E-state index contributed by atoms with van der Waals surface area (Å²) in [6.45, 7) is 5.63. The van der Waals surface area contributed by atoms with Crippen LogP contribution in [0.5, 0.6) is 0 Å². The number of hydrogen-bond acceptors (Lipinski definition) is 3. The van der Waals surface area contributed by atoms with Crippen LogP contribution in [0.2, 0.25) is 0 Å². The fourth-order valence-electron chi connectivity index (χ4n) is 2.24. The number of aryl methyl sites for hydroxylation is 1. The third-order valence-corrected chi connectivity index (χ3v) is 4.74. The van der Waals surface area contributed by atoms with Gasteiger partial charge in [-0.05, 0) is 44.2 Å². The van der Waals surface area contributed by atoms with Crippen molar-refractivity contribution in [2.45, 2.75) is 39.2 Å². The molecule has 0 spiro atoms. The highest BCUT2D eigenvalue weighted by molar-refractivity contribution is 7.21. The molecule has 0 bridgehead atoms.